The number of hydrogen-bond donors (Lipinski definition) is 1. The minimum Gasteiger partial charge on any atom is -0.480 e. The molecule has 1 aliphatic rings. The van der Waals surface area contributed by atoms with Crippen LogP contribution >= 0.6 is 27.3 Å². The molecule has 0 bridgehead atoms. The highest BCUT2D eigenvalue weighted by atomic mass is 79.9. The van der Waals surface area contributed by atoms with Crippen LogP contribution < -0.4 is 0 Å². The average molecular weight is 360 g/mol. The highest BCUT2D eigenvalue weighted by Crippen LogP contribution is 2.26. The summed E-state index contributed by atoms with van der Waals surface area (Å²) >= 11 is 5.09. The Morgan fingerprint density at radius 2 is 2.25 bits per heavy atom. The van der Waals surface area contributed by atoms with Crippen LogP contribution in [-0.2, 0) is 16.0 Å². The molecule has 4 nitrogen and oxygen atoms in total. The van der Waals surface area contributed by atoms with Crippen molar-refractivity contribution in [3.63, 3.8) is 0 Å². The number of rotatable bonds is 5. The van der Waals surface area contributed by atoms with Crippen LogP contribution in [-0.4, -0.2) is 34.5 Å². The van der Waals surface area contributed by atoms with Crippen molar-refractivity contribution in [3.8, 4) is 0 Å². The monoisotopic (exact) mass is 359 g/mol. The molecule has 6 heteroatoms. The van der Waals surface area contributed by atoms with Gasteiger partial charge in [0.25, 0.3) is 0 Å². The highest BCUT2D eigenvalue weighted by Gasteiger charge is 2.38. The maximum Gasteiger partial charge on any atom is 0.326 e. The number of carboxylic acids is 1. The standard InChI is InChI=1S/C14H18BrNO3S/c1-9-7-8-16(13(9)14(18)19)12(17)4-2-3-10-5-6-11(15)20-10/h5-6,9,13H,2-4,7-8H2,1H3,(H,18,19). The van der Waals surface area contributed by atoms with Crippen molar-refractivity contribution in [1.82, 2.24) is 4.90 Å². The van der Waals surface area contributed by atoms with Gasteiger partial charge in [-0.05, 0) is 53.2 Å². The molecular formula is C14H18BrNO3S. The van der Waals surface area contributed by atoms with Crippen molar-refractivity contribution < 1.29 is 14.7 Å². The largest absolute Gasteiger partial charge is 0.480 e. The molecule has 2 atom stereocenters. The summed E-state index contributed by atoms with van der Waals surface area (Å²) in [4.78, 5) is 26.2. The molecule has 2 rings (SSSR count). The number of amides is 1. The second-order valence-electron chi connectivity index (χ2n) is 5.20. The van der Waals surface area contributed by atoms with Gasteiger partial charge in [0.2, 0.25) is 5.91 Å². The zero-order valence-corrected chi connectivity index (χ0v) is 13.7. The first-order valence-electron chi connectivity index (χ1n) is 6.75. The van der Waals surface area contributed by atoms with Gasteiger partial charge in [-0.3, -0.25) is 4.79 Å². The van der Waals surface area contributed by atoms with Crippen LogP contribution in [0.25, 0.3) is 0 Å². The molecule has 1 aromatic rings. The summed E-state index contributed by atoms with van der Waals surface area (Å²) < 4.78 is 1.10. The smallest absolute Gasteiger partial charge is 0.326 e. The van der Waals surface area contributed by atoms with Gasteiger partial charge in [0.05, 0.1) is 3.79 Å². The Balaban J connectivity index is 1.84. The van der Waals surface area contributed by atoms with Crippen LogP contribution in [0.1, 0.15) is 31.1 Å². The number of carbonyl (C=O) groups is 2. The van der Waals surface area contributed by atoms with Gasteiger partial charge in [0.15, 0.2) is 0 Å². The molecule has 110 valence electrons. The number of aliphatic carboxylic acids is 1. The molecule has 1 saturated heterocycles. The third-order valence-corrected chi connectivity index (χ3v) is 5.40. The Morgan fingerprint density at radius 3 is 2.85 bits per heavy atom. The van der Waals surface area contributed by atoms with Gasteiger partial charge in [-0.1, -0.05) is 6.92 Å². The number of halogens is 1. The fourth-order valence-electron chi connectivity index (χ4n) is 2.65. The van der Waals surface area contributed by atoms with Gasteiger partial charge in [-0.25, -0.2) is 4.79 Å². The maximum atomic E-state index is 12.2. The molecule has 0 spiro atoms. The van der Waals surface area contributed by atoms with E-state index in [0.29, 0.717) is 13.0 Å². The van der Waals surface area contributed by atoms with Gasteiger partial charge in [-0.2, -0.15) is 0 Å². The topological polar surface area (TPSA) is 57.6 Å². The van der Waals surface area contributed by atoms with Crippen LogP contribution in [0, 0.1) is 5.92 Å². The first-order chi connectivity index (χ1) is 9.49. The van der Waals surface area contributed by atoms with E-state index < -0.39 is 12.0 Å². The molecule has 0 saturated carbocycles. The lowest BCUT2D eigenvalue weighted by Gasteiger charge is -2.23. The number of nitrogens with zero attached hydrogens (tertiary/aromatic N) is 1. The average Bonchev–Trinajstić information content (AvgIpc) is 2.95. The lowest BCUT2D eigenvalue weighted by molar-refractivity contribution is -0.149. The van der Waals surface area contributed by atoms with Crippen molar-refractivity contribution in [2.45, 2.75) is 38.6 Å². The number of thiophene rings is 1. The minimum absolute atomic E-state index is 0.0302. The van der Waals surface area contributed by atoms with E-state index in [1.165, 1.54) is 9.78 Å². The van der Waals surface area contributed by atoms with Crippen LogP contribution in [0.4, 0.5) is 0 Å². The summed E-state index contributed by atoms with van der Waals surface area (Å²) in [6.45, 7) is 2.47. The van der Waals surface area contributed by atoms with E-state index in [1.54, 1.807) is 11.3 Å². The van der Waals surface area contributed by atoms with Gasteiger partial charge < -0.3 is 10.0 Å². The molecule has 1 N–H and O–H groups in total. The normalized spacial score (nSPS) is 22.2. The zero-order chi connectivity index (χ0) is 14.7. The molecule has 1 aliphatic heterocycles. The van der Waals surface area contributed by atoms with E-state index in [0.717, 1.165) is 23.0 Å². The van der Waals surface area contributed by atoms with Gasteiger partial charge in [-0.15, -0.1) is 11.3 Å². The summed E-state index contributed by atoms with van der Waals surface area (Å²) in [6.07, 6.45) is 2.83. The quantitative estimate of drug-likeness (QED) is 0.878. The fourth-order valence-corrected chi connectivity index (χ4v) is 4.17. The predicted molar refractivity (Wildman–Crippen MR) is 81.9 cm³/mol. The lowest BCUT2D eigenvalue weighted by atomic mass is 10.0. The first kappa shape index (κ1) is 15.5. The Labute approximate surface area is 130 Å². The Hall–Kier alpha value is -0.880. The van der Waals surface area contributed by atoms with Gasteiger partial charge in [0, 0.05) is 17.8 Å². The van der Waals surface area contributed by atoms with E-state index in [9.17, 15) is 14.7 Å². The molecule has 1 amide bonds. The maximum absolute atomic E-state index is 12.2. The summed E-state index contributed by atoms with van der Waals surface area (Å²) in [7, 11) is 0. The summed E-state index contributed by atoms with van der Waals surface area (Å²) in [5.74, 6) is -0.868. The second-order valence-corrected chi connectivity index (χ2v) is 7.74. The SMILES string of the molecule is CC1CCN(C(=O)CCCc2ccc(Br)s2)C1C(=O)O. The molecule has 2 unspecified atom stereocenters. The van der Waals surface area contributed by atoms with Crippen LogP contribution in [0.5, 0.6) is 0 Å². The molecule has 2 heterocycles. The number of aryl methyl sites for hydroxylation is 1. The van der Waals surface area contributed by atoms with Crippen LogP contribution in [0.3, 0.4) is 0 Å². The molecule has 20 heavy (non-hydrogen) atoms. The van der Waals surface area contributed by atoms with E-state index in [-0.39, 0.29) is 11.8 Å². The molecule has 1 aromatic heterocycles. The molecule has 0 aliphatic carbocycles. The minimum atomic E-state index is -0.884. The van der Waals surface area contributed by atoms with E-state index in [1.807, 2.05) is 13.0 Å². The molecular weight excluding hydrogens is 342 g/mol. The van der Waals surface area contributed by atoms with E-state index in [4.69, 9.17) is 0 Å². The fraction of sp³-hybridized carbons (Fsp3) is 0.571. The van der Waals surface area contributed by atoms with Crippen LogP contribution in [0.2, 0.25) is 0 Å². The number of likely N-dealkylation sites (tertiary alicyclic amines) is 1. The van der Waals surface area contributed by atoms with Crippen molar-refractivity contribution in [2.75, 3.05) is 6.54 Å². The Kier molecular flexibility index (Phi) is 5.21. The van der Waals surface area contributed by atoms with Gasteiger partial charge >= 0.3 is 5.97 Å². The van der Waals surface area contributed by atoms with Gasteiger partial charge in [0.1, 0.15) is 6.04 Å². The summed E-state index contributed by atoms with van der Waals surface area (Å²) in [5.41, 5.74) is 0. The highest BCUT2D eigenvalue weighted by molar-refractivity contribution is 9.11. The first-order valence-corrected chi connectivity index (χ1v) is 8.36. The Morgan fingerprint density at radius 1 is 1.50 bits per heavy atom. The number of carbonyl (C=O) groups excluding carboxylic acids is 1. The van der Waals surface area contributed by atoms with Crippen molar-refractivity contribution in [2.24, 2.45) is 5.92 Å². The summed E-state index contributed by atoms with van der Waals surface area (Å²) in [6, 6.07) is 3.42. The van der Waals surface area contributed by atoms with E-state index in [2.05, 4.69) is 22.0 Å². The third-order valence-electron chi connectivity index (χ3n) is 3.72. The zero-order valence-electron chi connectivity index (χ0n) is 11.3. The number of carboxylic acid groups (broad SMARTS) is 1. The Bertz CT molecular complexity index is 502. The third kappa shape index (κ3) is 3.61. The summed E-state index contributed by atoms with van der Waals surface area (Å²) in [5, 5.41) is 9.21. The lowest BCUT2D eigenvalue weighted by Crippen LogP contribution is -2.42. The molecule has 0 radical (unpaired) electrons. The molecule has 0 aromatic carbocycles. The predicted octanol–water partition coefficient (Wildman–Crippen LogP) is 3.15. The van der Waals surface area contributed by atoms with Crippen molar-refractivity contribution in [1.29, 1.82) is 0 Å². The number of hydrogen-bond acceptors (Lipinski definition) is 3. The second kappa shape index (κ2) is 6.72. The van der Waals surface area contributed by atoms with Crippen LogP contribution in [0.15, 0.2) is 15.9 Å². The van der Waals surface area contributed by atoms with Crippen molar-refractivity contribution in [3.05, 3.63) is 20.8 Å². The molecule has 1 fully saturated rings. The van der Waals surface area contributed by atoms with E-state index >= 15 is 0 Å². The van der Waals surface area contributed by atoms with Crippen molar-refractivity contribution >= 4 is 39.1 Å².